The van der Waals surface area contributed by atoms with Gasteiger partial charge < -0.3 is 19.8 Å². The number of alkyl halides is 3. The number of benzene rings is 1. The molecule has 3 rings (SSSR count). The van der Waals surface area contributed by atoms with Crippen molar-refractivity contribution in [2.45, 2.75) is 55.4 Å². The monoisotopic (exact) mass is 501 g/mol. The molecular formula is C21H27F3N5O2PS. The van der Waals surface area contributed by atoms with Crippen molar-refractivity contribution < 1.29 is 22.6 Å². The Morgan fingerprint density at radius 3 is 2.85 bits per heavy atom. The lowest BCUT2D eigenvalue weighted by Crippen LogP contribution is -2.17. The first-order valence-electron chi connectivity index (χ1n) is 10.5. The number of halogens is 3. The summed E-state index contributed by atoms with van der Waals surface area (Å²) in [7, 11) is -0.327. The van der Waals surface area contributed by atoms with Crippen molar-refractivity contribution >= 4 is 37.5 Å². The van der Waals surface area contributed by atoms with Crippen LogP contribution in [0.25, 0.3) is 11.2 Å². The van der Waals surface area contributed by atoms with Crippen LogP contribution in [-0.2, 0) is 11.3 Å². The molecule has 0 aliphatic carbocycles. The van der Waals surface area contributed by atoms with Crippen LogP contribution in [0.3, 0.4) is 0 Å². The van der Waals surface area contributed by atoms with Crippen molar-refractivity contribution in [1.82, 2.24) is 19.5 Å². The predicted octanol–water partition coefficient (Wildman–Crippen LogP) is 5.34. The minimum Gasteiger partial charge on any atom is -0.494 e. The summed E-state index contributed by atoms with van der Waals surface area (Å²) < 4.78 is 50.0. The molecular weight excluding hydrogens is 474 g/mol. The smallest absolute Gasteiger partial charge is 0.392 e. The first kappa shape index (κ1) is 25.5. The van der Waals surface area contributed by atoms with Crippen LogP contribution in [0.1, 0.15) is 26.7 Å². The molecule has 0 aliphatic rings. The van der Waals surface area contributed by atoms with Gasteiger partial charge in [0.05, 0.1) is 38.1 Å². The number of rotatable bonds is 12. The quantitative estimate of drug-likeness (QED) is 0.204. The molecule has 7 nitrogen and oxygen atoms in total. The number of imidazole rings is 1. The normalized spacial score (nSPS) is 13.2. The van der Waals surface area contributed by atoms with Crippen LogP contribution in [0.5, 0.6) is 5.75 Å². The Labute approximate surface area is 196 Å². The third-order valence-electron chi connectivity index (χ3n) is 4.49. The summed E-state index contributed by atoms with van der Waals surface area (Å²) in [6, 6.07) is 7.73. The number of fused-ring (bicyclic) bond motifs is 1. The van der Waals surface area contributed by atoms with Crippen LogP contribution < -0.4 is 10.5 Å². The first-order chi connectivity index (χ1) is 15.7. The topological polar surface area (TPSA) is 88.1 Å². The Morgan fingerprint density at radius 2 is 2.09 bits per heavy atom. The summed E-state index contributed by atoms with van der Waals surface area (Å²) in [6.45, 7) is 4.96. The van der Waals surface area contributed by atoms with Crippen LogP contribution >= 0.6 is 20.3 Å². The summed E-state index contributed by atoms with van der Waals surface area (Å²) in [4.78, 5) is 14.0. The Kier molecular flexibility index (Phi) is 9.17. The summed E-state index contributed by atoms with van der Waals surface area (Å²) in [5.41, 5.74) is 7.09. The average molecular weight is 502 g/mol. The fourth-order valence-electron chi connectivity index (χ4n) is 2.94. The molecule has 0 fully saturated rings. The van der Waals surface area contributed by atoms with Gasteiger partial charge in [-0.2, -0.15) is 18.2 Å². The van der Waals surface area contributed by atoms with Crippen molar-refractivity contribution in [3.8, 4) is 5.75 Å². The van der Waals surface area contributed by atoms with Gasteiger partial charge in [-0.3, -0.25) is 0 Å². The maximum atomic E-state index is 12.3. The zero-order valence-corrected chi connectivity index (χ0v) is 20.2. The second-order valence-electron chi connectivity index (χ2n) is 7.40. The summed E-state index contributed by atoms with van der Waals surface area (Å²) >= 11 is 1.41. The molecule has 2 atom stereocenters. The predicted molar refractivity (Wildman–Crippen MR) is 125 cm³/mol. The average Bonchev–Trinajstić information content (AvgIpc) is 3.14. The molecule has 3 aromatic rings. The number of aromatic nitrogens is 4. The van der Waals surface area contributed by atoms with Gasteiger partial charge in [-0.05, 0) is 31.5 Å². The number of anilines is 1. The van der Waals surface area contributed by atoms with Crippen LogP contribution in [0.15, 0.2) is 40.5 Å². The summed E-state index contributed by atoms with van der Waals surface area (Å²) in [5.74, 6) is 0.900. The van der Waals surface area contributed by atoms with E-state index in [0.717, 1.165) is 23.5 Å². The SMILES string of the molecule is CCCCOc1cccc(Sc2nc(N)nc3c2ncn3CC(C)OCPCC(F)(F)F)c1. The van der Waals surface area contributed by atoms with Crippen LogP contribution in [-0.4, -0.2) is 50.9 Å². The van der Waals surface area contributed by atoms with Crippen LogP contribution in [0, 0.1) is 0 Å². The fraction of sp³-hybridized carbons (Fsp3) is 0.476. The lowest BCUT2D eigenvalue weighted by atomic mass is 10.3. The summed E-state index contributed by atoms with van der Waals surface area (Å²) in [5, 5.41) is 0.613. The Balaban J connectivity index is 1.68. The highest BCUT2D eigenvalue weighted by molar-refractivity contribution is 7.99. The molecule has 0 saturated heterocycles. The fourth-order valence-corrected chi connectivity index (χ4v) is 4.65. The van der Waals surface area contributed by atoms with E-state index in [9.17, 15) is 13.2 Å². The number of nitrogen functional groups attached to an aromatic ring is 1. The third-order valence-corrected chi connectivity index (χ3v) is 6.47. The number of hydrogen-bond donors (Lipinski definition) is 1. The standard InChI is InChI=1S/C21H27F3N5O2PS/c1-3-4-8-30-15-6-5-7-16(9-15)33-19-17-18(27-20(25)28-19)29(12-26-17)10-14(2)31-13-32-11-21(22,23)24/h5-7,9,12,14,32H,3-4,8,10-11,13H2,1-2H3,(H2,25,27,28). The molecule has 0 bridgehead atoms. The lowest BCUT2D eigenvalue weighted by Gasteiger charge is -2.14. The Morgan fingerprint density at radius 1 is 1.27 bits per heavy atom. The molecule has 33 heavy (non-hydrogen) atoms. The third kappa shape index (κ3) is 8.01. The highest BCUT2D eigenvalue weighted by atomic mass is 32.2. The number of hydrogen-bond acceptors (Lipinski definition) is 7. The van der Waals surface area contributed by atoms with E-state index >= 15 is 0 Å². The molecule has 0 radical (unpaired) electrons. The molecule has 1 aromatic carbocycles. The van der Waals surface area contributed by atoms with Crippen LogP contribution in [0.2, 0.25) is 0 Å². The van der Waals surface area contributed by atoms with Gasteiger partial charge in [0.2, 0.25) is 5.95 Å². The minimum atomic E-state index is -4.16. The van der Waals surface area contributed by atoms with Crippen molar-refractivity contribution in [1.29, 1.82) is 0 Å². The number of nitrogens with zero attached hydrogens (tertiary/aromatic N) is 4. The molecule has 0 spiro atoms. The molecule has 0 saturated carbocycles. The number of unbranched alkanes of at least 4 members (excludes halogenated alkanes) is 1. The van der Waals surface area contributed by atoms with Crippen molar-refractivity contribution in [3.05, 3.63) is 30.6 Å². The van der Waals surface area contributed by atoms with E-state index in [-0.39, 0.29) is 27.0 Å². The first-order valence-corrected chi connectivity index (χ1v) is 12.8. The van der Waals surface area contributed by atoms with E-state index in [1.54, 1.807) is 17.8 Å². The van der Waals surface area contributed by atoms with Gasteiger partial charge in [0, 0.05) is 4.90 Å². The zero-order chi connectivity index (χ0) is 23.8. The maximum absolute atomic E-state index is 12.3. The van der Waals surface area contributed by atoms with Gasteiger partial charge in [0.25, 0.3) is 0 Å². The van der Waals surface area contributed by atoms with Crippen molar-refractivity contribution in [3.63, 3.8) is 0 Å². The Hall–Kier alpha value is -2.10. The molecule has 180 valence electrons. The van der Waals surface area contributed by atoms with E-state index in [1.165, 1.54) is 11.8 Å². The number of ether oxygens (including phenoxy) is 2. The second-order valence-corrected chi connectivity index (χ2v) is 9.60. The maximum Gasteiger partial charge on any atom is 0.392 e. The van der Waals surface area contributed by atoms with Crippen molar-refractivity contribution in [2.24, 2.45) is 0 Å². The Bertz CT molecular complexity index is 1050. The van der Waals surface area contributed by atoms with Gasteiger partial charge in [0.1, 0.15) is 16.3 Å². The highest BCUT2D eigenvalue weighted by Crippen LogP contribution is 2.33. The van der Waals surface area contributed by atoms with Gasteiger partial charge in [0.15, 0.2) is 5.65 Å². The molecule has 12 heteroatoms. The van der Waals surface area contributed by atoms with Gasteiger partial charge >= 0.3 is 6.18 Å². The van der Waals surface area contributed by atoms with E-state index in [1.807, 2.05) is 24.3 Å². The van der Waals surface area contributed by atoms with E-state index in [0.29, 0.717) is 29.3 Å². The summed E-state index contributed by atoms with van der Waals surface area (Å²) in [6.07, 6.45) is -1.58. The van der Waals surface area contributed by atoms with Gasteiger partial charge in [-0.25, -0.2) is 9.97 Å². The number of nitrogens with two attached hydrogens (primary N) is 1. The van der Waals surface area contributed by atoms with E-state index in [4.69, 9.17) is 15.2 Å². The largest absolute Gasteiger partial charge is 0.494 e. The van der Waals surface area contributed by atoms with Gasteiger partial charge in [-0.1, -0.05) is 39.8 Å². The van der Waals surface area contributed by atoms with Crippen molar-refractivity contribution in [2.75, 3.05) is 24.9 Å². The minimum absolute atomic E-state index is 0.0577. The molecule has 0 amide bonds. The van der Waals surface area contributed by atoms with Crippen LogP contribution in [0.4, 0.5) is 19.1 Å². The van der Waals surface area contributed by atoms with E-state index < -0.39 is 12.3 Å². The molecule has 2 N–H and O–H groups in total. The van der Waals surface area contributed by atoms with Gasteiger partial charge in [-0.15, -0.1) is 0 Å². The molecule has 2 aromatic heterocycles. The molecule has 0 aliphatic heterocycles. The highest BCUT2D eigenvalue weighted by Gasteiger charge is 2.26. The zero-order valence-electron chi connectivity index (χ0n) is 18.4. The molecule has 2 heterocycles. The van der Waals surface area contributed by atoms with E-state index in [2.05, 4.69) is 21.9 Å². The second kappa shape index (κ2) is 11.9. The molecule has 2 unspecified atom stereocenters. The lowest BCUT2D eigenvalue weighted by molar-refractivity contribution is -0.106.